The number of hydrogen-bond acceptors (Lipinski definition) is 4. The Morgan fingerprint density at radius 2 is 1.80 bits per heavy atom. The van der Waals surface area contributed by atoms with Crippen LogP contribution in [-0.2, 0) is 14.8 Å². The molecule has 1 aromatic rings. The number of sulfonamides is 1. The predicted molar refractivity (Wildman–Crippen MR) is 97.8 cm³/mol. The second-order valence-electron chi connectivity index (χ2n) is 5.75. The van der Waals surface area contributed by atoms with E-state index < -0.39 is 10.0 Å². The van der Waals surface area contributed by atoms with Crippen molar-refractivity contribution in [2.75, 3.05) is 32.4 Å². The molecule has 0 saturated heterocycles. The first-order chi connectivity index (χ1) is 11.8. The van der Waals surface area contributed by atoms with Crippen molar-refractivity contribution in [3.63, 3.8) is 0 Å². The van der Waals surface area contributed by atoms with Gasteiger partial charge in [-0.3, -0.25) is 9.59 Å². The second-order valence-corrected chi connectivity index (χ2v) is 8.11. The highest BCUT2D eigenvalue weighted by atomic mass is 32.2. The maximum atomic E-state index is 12.0. The van der Waals surface area contributed by atoms with E-state index >= 15 is 0 Å². The maximum Gasteiger partial charge on any atom is 0.251 e. The molecule has 2 N–H and O–H groups in total. The summed E-state index contributed by atoms with van der Waals surface area (Å²) in [6.45, 7) is 4.47. The minimum Gasteiger partial charge on any atom is -0.356 e. The summed E-state index contributed by atoms with van der Waals surface area (Å²) in [5, 5.41) is 5.44. The Morgan fingerprint density at radius 3 is 2.44 bits per heavy atom. The third kappa shape index (κ3) is 7.23. The molecule has 0 spiro atoms. The molecule has 1 rings (SSSR count). The highest BCUT2D eigenvalue weighted by Gasteiger charge is 2.14. The summed E-state index contributed by atoms with van der Waals surface area (Å²) < 4.78 is 24.4. The highest BCUT2D eigenvalue weighted by Crippen LogP contribution is 2.06. The van der Waals surface area contributed by atoms with Gasteiger partial charge in [0.05, 0.1) is 5.75 Å². The molecule has 0 aliphatic heterocycles. The number of nitrogens with one attached hydrogen (secondary N) is 2. The second kappa shape index (κ2) is 10.1. The van der Waals surface area contributed by atoms with Crippen molar-refractivity contribution in [3.05, 3.63) is 35.4 Å². The van der Waals surface area contributed by atoms with Gasteiger partial charge in [-0.25, -0.2) is 12.7 Å². The van der Waals surface area contributed by atoms with Crippen LogP contribution in [0.4, 0.5) is 0 Å². The van der Waals surface area contributed by atoms with Gasteiger partial charge in [0.1, 0.15) is 0 Å². The first-order valence-corrected chi connectivity index (χ1v) is 9.93. The van der Waals surface area contributed by atoms with Crippen molar-refractivity contribution in [2.45, 2.75) is 26.7 Å². The average Bonchev–Trinajstić information content (AvgIpc) is 2.58. The molecule has 25 heavy (non-hydrogen) atoms. The lowest BCUT2D eigenvalue weighted by Gasteiger charge is -2.15. The van der Waals surface area contributed by atoms with Crippen molar-refractivity contribution in [1.82, 2.24) is 14.9 Å². The third-order valence-electron chi connectivity index (χ3n) is 3.84. The van der Waals surface area contributed by atoms with E-state index in [1.807, 2.05) is 19.1 Å². The molecule has 0 aromatic heterocycles. The van der Waals surface area contributed by atoms with E-state index in [2.05, 4.69) is 10.6 Å². The van der Waals surface area contributed by atoms with Crippen molar-refractivity contribution in [1.29, 1.82) is 0 Å². The van der Waals surface area contributed by atoms with E-state index in [9.17, 15) is 18.0 Å². The van der Waals surface area contributed by atoms with Gasteiger partial charge in [0.2, 0.25) is 15.9 Å². The van der Waals surface area contributed by atoms with E-state index in [0.717, 1.165) is 5.56 Å². The van der Waals surface area contributed by atoms with Crippen LogP contribution in [0.25, 0.3) is 0 Å². The zero-order chi connectivity index (χ0) is 18.9. The number of carbonyl (C=O) groups is 2. The molecule has 0 unspecified atom stereocenters. The normalized spacial score (nSPS) is 11.4. The third-order valence-corrected chi connectivity index (χ3v) is 5.70. The van der Waals surface area contributed by atoms with Crippen LogP contribution in [0, 0.1) is 6.92 Å². The molecule has 0 aliphatic rings. The molecule has 0 atom stereocenters. The Hall–Kier alpha value is -1.93. The molecule has 140 valence electrons. The molecule has 0 fully saturated rings. The number of hydrogen-bond donors (Lipinski definition) is 2. The maximum absolute atomic E-state index is 12.0. The van der Waals surface area contributed by atoms with Gasteiger partial charge in [0.15, 0.2) is 0 Å². The van der Waals surface area contributed by atoms with Crippen LogP contribution >= 0.6 is 0 Å². The van der Waals surface area contributed by atoms with Crippen LogP contribution in [0.2, 0.25) is 0 Å². The van der Waals surface area contributed by atoms with Gasteiger partial charge in [-0.1, -0.05) is 18.2 Å². The monoisotopic (exact) mass is 369 g/mol. The number of benzene rings is 1. The molecule has 1 aromatic carbocycles. The summed E-state index contributed by atoms with van der Waals surface area (Å²) in [6.07, 6.45) is 0.720. The van der Waals surface area contributed by atoms with Gasteiger partial charge < -0.3 is 10.6 Å². The Morgan fingerprint density at radius 1 is 1.12 bits per heavy atom. The van der Waals surface area contributed by atoms with Crippen LogP contribution in [0.1, 0.15) is 35.7 Å². The van der Waals surface area contributed by atoms with E-state index in [1.165, 1.54) is 11.4 Å². The van der Waals surface area contributed by atoms with Gasteiger partial charge in [0, 0.05) is 38.7 Å². The highest BCUT2D eigenvalue weighted by molar-refractivity contribution is 7.89. The number of aryl methyl sites for hydroxylation is 1. The molecule has 7 nitrogen and oxygen atoms in total. The molecule has 2 amide bonds. The fourth-order valence-corrected chi connectivity index (χ4v) is 3.04. The molecule has 0 saturated carbocycles. The Kier molecular flexibility index (Phi) is 8.57. The van der Waals surface area contributed by atoms with Gasteiger partial charge in [-0.05, 0) is 31.9 Å². The minimum atomic E-state index is -3.18. The van der Waals surface area contributed by atoms with Gasteiger partial charge in [-0.2, -0.15) is 0 Å². The first kappa shape index (κ1) is 21.1. The molecular formula is C17H27N3O4S. The smallest absolute Gasteiger partial charge is 0.251 e. The quantitative estimate of drug-likeness (QED) is 0.599. The van der Waals surface area contributed by atoms with E-state index in [1.54, 1.807) is 19.1 Å². The zero-order valence-corrected chi connectivity index (χ0v) is 15.9. The van der Waals surface area contributed by atoms with Crippen LogP contribution in [0.5, 0.6) is 0 Å². The van der Waals surface area contributed by atoms with Crippen LogP contribution in [-0.4, -0.2) is 57.0 Å². The Labute approximate surface area is 149 Å². The number of rotatable bonds is 10. The zero-order valence-electron chi connectivity index (χ0n) is 15.0. The van der Waals surface area contributed by atoms with Crippen molar-refractivity contribution < 1.29 is 18.0 Å². The summed E-state index contributed by atoms with van der Waals surface area (Å²) in [5.74, 6) is -0.306. The molecule has 8 heteroatoms. The molecule has 0 radical (unpaired) electrons. The lowest BCUT2D eigenvalue weighted by atomic mass is 10.1. The van der Waals surface area contributed by atoms with Gasteiger partial charge in [0.25, 0.3) is 5.91 Å². The summed E-state index contributed by atoms with van der Waals surface area (Å²) in [4.78, 5) is 23.7. The fraction of sp³-hybridized carbons (Fsp3) is 0.529. The van der Waals surface area contributed by atoms with Crippen LogP contribution in [0.3, 0.4) is 0 Å². The largest absolute Gasteiger partial charge is 0.356 e. The van der Waals surface area contributed by atoms with E-state index in [0.29, 0.717) is 25.1 Å². The number of nitrogens with zero attached hydrogens (tertiary/aromatic N) is 1. The number of amides is 2. The summed E-state index contributed by atoms with van der Waals surface area (Å²) in [7, 11) is -1.65. The first-order valence-electron chi connectivity index (χ1n) is 8.32. The molecule has 0 bridgehead atoms. The van der Waals surface area contributed by atoms with Crippen molar-refractivity contribution >= 4 is 21.8 Å². The fourth-order valence-electron chi connectivity index (χ4n) is 2.19. The Bertz CT molecular complexity index is 689. The van der Waals surface area contributed by atoms with Crippen LogP contribution < -0.4 is 10.6 Å². The van der Waals surface area contributed by atoms with Crippen molar-refractivity contribution in [3.8, 4) is 0 Å². The Balaban J connectivity index is 2.21. The molecule has 0 aliphatic carbocycles. The lowest BCUT2D eigenvalue weighted by molar-refractivity contribution is -0.120. The average molecular weight is 369 g/mol. The topological polar surface area (TPSA) is 95.6 Å². The number of carbonyl (C=O) groups excluding carboxylic acids is 2. The van der Waals surface area contributed by atoms with Crippen LogP contribution in [0.15, 0.2) is 24.3 Å². The SMILES string of the molecule is CCS(=O)(=O)N(C)CCCNC(=O)CCNC(=O)c1ccccc1C. The summed E-state index contributed by atoms with van der Waals surface area (Å²) in [5.41, 5.74) is 1.48. The standard InChI is InChI=1S/C17H27N3O4S/c1-4-25(23,24)20(3)13-7-11-18-16(21)10-12-19-17(22)15-9-6-5-8-14(15)2/h5-6,8-9H,4,7,10-13H2,1-3H3,(H,18,21)(H,19,22). The van der Waals surface area contributed by atoms with E-state index in [-0.39, 0.29) is 30.5 Å². The van der Waals surface area contributed by atoms with E-state index in [4.69, 9.17) is 0 Å². The van der Waals surface area contributed by atoms with Crippen molar-refractivity contribution in [2.24, 2.45) is 0 Å². The summed E-state index contributed by atoms with van der Waals surface area (Å²) in [6, 6.07) is 7.26. The lowest BCUT2D eigenvalue weighted by Crippen LogP contribution is -2.34. The van der Waals surface area contributed by atoms with Gasteiger partial charge >= 0.3 is 0 Å². The van der Waals surface area contributed by atoms with Gasteiger partial charge in [-0.15, -0.1) is 0 Å². The molecule has 0 heterocycles. The predicted octanol–water partition coefficient (Wildman–Crippen LogP) is 0.903. The molecular weight excluding hydrogens is 342 g/mol. The summed E-state index contributed by atoms with van der Waals surface area (Å²) >= 11 is 0. The minimum absolute atomic E-state index is 0.0659.